The molecule has 1 aliphatic heterocycles. The number of halogens is 3. The van der Waals surface area contributed by atoms with Crippen LogP contribution in [0, 0.1) is 6.92 Å². The van der Waals surface area contributed by atoms with E-state index in [-0.39, 0.29) is 23.5 Å². The van der Waals surface area contributed by atoms with E-state index >= 15 is 0 Å². The molecule has 1 amide bonds. The molecular weight excluding hydrogens is 497 g/mol. The smallest absolute Gasteiger partial charge is 0.433 e. The number of Topliss-reactive ketones (excluding diaryl/α,β-unsaturated/α-hetero) is 1. The molecule has 2 aromatic heterocycles. The third-order valence-electron chi connectivity index (χ3n) is 5.46. The van der Waals surface area contributed by atoms with Crippen LogP contribution in [0.5, 0.6) is 5.88 Å². The van der Waals surface area contributed by atoms with Crippen molar-refractivity contribution in [2.75, 3.05) is 26.0 Å². The number of carbonyl (C=O) groups is 2. The van der Waals surface area contributed by atoms with Crippen LogP contribution >= 0.6 is 11.8 Å². The lowest BCUT2D eigenvalue weighted by Crippen LogP contribution is -2.41. The second kappa shape index (κ2) is 11.0. The first-order valence-electron chi connectivity index (χ1n) is 11.4. The van der Waals surface area contributed by atoms with Crippen LogP contribution in [0.4, 0.5) is 18.0 Å². The first-order chi connectivity index (χ1) is 16.8. The average Bonchev–Trinajstić information content (AvgIpc) is 2.80. The Morgan fingerprint density at radius 1 is 1.11 bits per heavy atom. The molecular formula is C24H29F3N4O4S. The predicted octanol–water partition coefficient (Wildman–Crippen LogP) is 5.30. The number of amides is 1. The van der Waals surface area contributed by atoms with E-state index in [4.69, 9.17) is 9.47 Å². The second-order valence-corrected chi connectivity index (χ2v) is 10.1. The molecule has 0 spiro atoms. The van der Waals surface area contributed by atoms with Crippen molar-refractivity contribution < 1.29 is 32.2 Å². The van der Waals surface area contributed by atoms with Crippen LogP contribution in [0.1, 0.15) is 67.0 Å². The van der Waals surface area contributed by atoms with Crippen molar-refractivity contribution in [3.63, 3.8) is 0 Å². The molecule has 12 heteroatoms. The second-order valence-electron chi connectivity index (χ2n) is 9.37. The zero-order chi connectivity index (χ0) is 26.7. The molecule has 0 N–H and O–H groups in total. The summed E-state index contributed by atoms with van der Waals surface area (Å²) in [6, 6.07) is 3.26. The Kier molecular flexibility index (Phi) is 8.48. The number of nitrogens with zero attached hydrogens (tertiary/aromatic N) is 4. The number of thioether (sulfide) groups is 1. The monoisotopic (exact) mass is 526 g/mol. The Labute approximate surface area is 212 Å². The Bertz CT molecular complexity index is 1110. The van der Waals surface area contributed by atoms with Gasteiger partial charge in [0, 0.05) is 25.1 Å². The number of aryl methyl sites for hydroxylation is 1. The number of aromatic nitrogens is 3. The number of carbonyl (C=O) groups excluding carboxylic acids is 2. The van der Waals surface area contributed by atoms with Crippen LogP contribution in [0.15, 0.2) is 23.4 Å². The van der Waals surface area contributed by atoms with Gasteiger partial charge in [-0.2, -0.15) is 13.2 Å². The van der Waals surface area contributed by atoms with E-state index < -0.39 is 29.9 Å². The van der Waals surface area contributed by atoms with E-state index in [2.05, 4.69) is 15.0 Å². The van der Waals surface area contributed by atoms with Gasteiger partial charge in [-0.25, -0.2) is 19.7 Å². The van der Waals surface area contributed by atoms with Crippen molar-refractivity contribution in [2.45, 2.75) is 63.4 Å². The number of rotatable bonds is 6. The molecule has 2 aromatic rings. The maximum Gasteiger partial charge on any atom is 0.433 e. The molecule has 0 bridgehead atoms. The summed E-state index contributed by atoms with van der Waals surface area (Å²) < 4.78 is 49.6. The van der Waals surface area contributed by atoms with Crippen molar-refractivity contribution in [1.29, 1.82) is 0 Å². The molecule has 196 valence electrons. The fourth-order valence-corrected chi connectivity index (χ4v) is 4.24. The van der Waals surface area contributed by atoms with Crippen LogP contribution in [-0.4, -0.2) is 63.3 Å². The standard InChI is InChI=1S/C24H29F3N4O4S/c1-14-19(16(32)13-34-18-8-6-7-17(29-18)24(25,26)27)20(30-21(28-14)36-5)15-9-11-31(12-10-15)22(33)35-23(2,3)4/h6-8,15H,9-13H2,1-5H3. The Balaban J connectivity index is 1.77. The van der Waals surface area contributed by atoms with Gasteiger partial charge in [0.05, 0.1) is 17.0 Å². The number of pyridine rings is 1. The summed E-state index contributed by atoms with van der Waals surface area (Å²) in [6.07, 6.45) is -2.04. The number of hydrogen-bond donors (Lipinski definition) is 0. The predicted molar refractivity (Wildman–Crippen MR) is 127 cm³/mol. The fourth-order valence-electron chi connectivity index (χ4n) is 3.83. The van der Waals surface area contributed by atoms with Gasteiger partial charge in [-0.3, -0.25) is 4.79 Å². The zero-order valence-electron chi connectivity index (χ0n) is 20.8. The van der Waals surface area contributed by atoms with E-state index in [0.717, 1.165) is 6.07 Å². The zero-order valence-corrected chi connectivity index (χ0v) is 21.6. The molecule has 0 saturated carbocycles. The van der Waals surface area contributed by atoms with Gasteiger partial charge >= 0.3 is 12.3 Å². The maximum atomic E-state index is 13.2. The van der Waals surface area contributed by atoms with E-state index in [1.807, 2.05) is 6.26 Å². The highest BCUT2D eigenvalue weighted by atomic mass is 32.2. The van der Waals surface area contributed by atoms with Crippen molar-refractivity contribution in [1.82, 2.24) is 19.9 Å². The first-order valence-corrected chi connectivity index (χ1v) is 12.6. The highest BCUT2D eigenvalue weighted by Gasteiger charge is 2.33. The third kappa shape index (κ3) is 7.08. The van der Waals surface area contributed by atoms with E-state index in [9.17, 15) is 22.8 Å². The first kappa shape index (κ1) is 27.7. The van der Waals surface area contributed by atoms with E-state index in [0.29, 0.717) is 42.5 Å². The van der Waals surface area contributed by atoms with Gasteiger partial charge < -0.3 is 14.4 Å². The molecule has 0 atom stereocenters. The van der Waals surface area contributed by atoms with Crippen LogP contribution in [0.3, 0.4) is 0 Å². The molecule has 0 aliphatic carbocycles. The molecule has 36 heavy (non-hydrogen) atoms. The van der Waals surface area contributed by atoms with Gasteiger partial charge in [0.15, 0.2) is 11.8 Å². The van der Waals surface area contributed by atoms with Gasteiger partial charge in [-0.05, 0) is 52.9 Å². The summed E-state index contributed by atoms with van der Waals surface area (Å²) >= 11 is 1.34. The summed E-state index contributed by atoms with van der Waals surface area (Å²) in [5.74, 6) is -0.865. The van der Waals surface area contributed by atoms with Gasteiger partial charge in [-0.15, -0.1) is 0 Å². The maximum absolute atomic E-state index is 13.2. The average molecular weight is 527 g/mol. The minimum Gasteiger partial charge on any atom is -0.469 e. The Morgan fingerprint density at radius 2 is 1.78 bits per heavy atom. The van der Waals surface area contributed by atoms with Crippen LogP contribution in [0.2, 0.25) is 0 Å². The number of ether oxygens (including phenoxy) is 2. The molecule has 0 aromatic carbocycles. The van der Waals surface area contributed by atoms with Gasteiger partial charge in [0.2, 0.25) is 11.7 Å². The van der Waals surface area contributed by atoms with Crippen LogP contribution in [-0.2, 0) is 10.9 Å². The third-order valence-corrected chi connectivity index (χ3v) is 6.00. The molecule has 0 unspecified atom stereocenters. The molecule has 8 nitrogen and oxygen atoms in total. The topological polar surface area (TPSA) is 94.5 Å². The molecule has 0 radical (unpaired) electrons. The van der Waals surface area contributed by atoms with Crippen molar-refractivity contribution in [3.8, 4) is 5.88 Å². The lowest BCUT2D eigenvalue weighted by Gasteiger charge is -2.33. The molecule has 1 fully saturated rings. The Hall–Kier alpha value is -2.89. The number of likely N-dealkylation sites (tertiary alicyclic amines) is 1. The number of alkyl halides is 3. The van der Waals surface area contributed by atoms with Crippen molar-refractivity contribution >= 4 is 23.6 Å². The summed E-state index contributed by atoms with van der Waals surface area (Å²) in [5.41, 5.74) is -0.394. The highest BCUT2D eigenvalue weighted by Crippen LogP contribution is 2.33. The molecule has 3 rings (SSSR count). The van der Waals surface area contributed by atoms with Crippen molar-refractivity contribution in [2.24, 2.45) is 0 Å². The van der Waals surface area contributed by atoms with Crippen LogP contribution < -0.4 is 4.74 Å². The Morgan fingerprint density at radius 3 is 2.36 bits per heavy atom. The SMILES string of the molecule is CSc1nc(C)c(C(=O)COc2cccc(C(F)(F)F)n2)c(C2CCN(C(=O)OC(C)(C)C)CC2)n1. The summed E-state index contributed by atoms with van der Waals surface area (Å²) in [5, 5.41) is 0.508. The largest absolute Gasteiger partial charge is 0.469 e. The fraction of sp³-hybridized carbons (Fsp3) is 0.542. The van der Waals surface area contributed by atoms with Gasteiger partial charge in [-0.1, -0.05) is 17.8 Å². The lowest BCUT2D eigenvalue weighted by atomic mass is 9.89. The number of piperidine rings is 1. The van der Waals surface area contributed by atoms with E-state index in [1.165, 1.54) is 23.9 Å². The van der Waals surface area contributed by atoms with Crippen LogP contribution in [0.25, 0.3) is 0 Å². The molecule has 1 aliphatic rings. The summed E-state index contributed by atoms with van der Waals surface area (Å²) in [6.45, 7) is 7.47. The molecule has 1 saturated heterocycles. The summed E-state index contributed by atoms with van der Waals surface area (Å²) in [4.78, 5) is 39.6. The quantitative estimate of drug-likeness (QED) is 0.285. The normalized spacial score (nSPS) is 15.1. The lowest BCUT2D eigenvalue weighted by molar-refractivity contribution is -0.141. The minimum atomic E-state index is -4.62. The molecule has 3 heterocycles. The minimum absolute atomic E-state index is 0.109. The summed E-state index contributed by atoms with van der Waals surface area (Å²) in [7, 11) is 0. The number of hydrogen-bond acceptors (Lipinski definition) is 8. The van der Waals surface area contributed by atoms with Crippen molar-refractivity contribution in [3.05, 3.63) is 40.8 Å². The number of ketones is 1. The van der Waals surface area contributed by atoms with Gasteiger partial charge in [0.25, 0.3) is 0 Å². The van der Waals surface area contributed by atoms with Gasteiger partial charge in [0.1, 0.15) is 11.3 Å². The van der Waals surface area contributed by atoms with E-state index in [1.54, 1.807) is 32.6 Å². The highest BCUT2D eigenvalue weighted by molar-refractivity contribution is 7.98.